The van der Waals surface area contributed by atoms with Crippen molar-refractivity contribution in [2.75, 3.05) is 5.32 Å². The van der Waals surface area contributed by atoms with Crippen LogP contribution in [0, 0.1) is 0 Å². The maximum atomic E-state index is 10.9. The molecule has 1 aromatic carbocycles. The minimum absolute atomic E-state index is 0.0952. The number of nitrogens with one attached hydrogen (secondary N) is 1. The summed E-state index contributed by atoms with van der Waals surface area (Å²) in [6, 6.07) is 7.40. The topological polar surface area (TPSA) is 67.8 Å². The number of carbonyl (C=O) groups excluding carboxylic acids is 1. The molecule has 0 bridgehead atoms. The van der Waals surface area contributed by atoms with E-state index in [2.05, 4.69) is 20.5 Å². The predicted octanol–water partition coefficient (Wildman–Crippen LogP) is 2.63. The second-order valence-electron chi connectivity index (χ2n) is 3.37. The van der Waals surface area contributed by atoms with Gasteiger partial charge in [-0.15, -0.1) is 5.10 Å². The molecule has 7 heteroatoms. The molecular formula is C11H9ClN4OS. The van der Waals surface area contributed by atoms with Gasteiger partial charge in [0.25, 0.3) is 0 Å². The standard InChI is InChI=1S/C11H9ClN4OS/c1-7(17)14-8-2-4-9(5-3-8)18-10-6-13-16-11(12)15-10/h2-6H,1H3,(H,14,17). The highest BCUT2D eigenvalue weighted by molar-refractivity contribution is 7.99. The third-order valence-corrected chi connectivity index (χ3v) is 2.98. The summed E-state index contributed by atoms with van der Waals surface area (Å²) in [7, 11) is 0. The van der Waals surface area contributed by atoms with Gasteiger partial charge in [-0.2, -0.15) is 5.10 Å². The number of halogens is 1. The summed E-state index contributed by atoms with van der Waals surface area (Å²) in [5.41, 5.74) is 0.755. The van der Waals surface area contributed by atoms with E-state index in [1.54, 1.807) is 0 Å². The number of benzene rings is 1. The van der Waals surface area contributed by atoms with Gasteiger partial charge in [0.15, 0.2) is 0 Å². The number of anilines is 1. The van der Waals surface area contributed by atoms with Crippen molar-refractivity contribution in [1.29, 1.82) is 0 Å². The van der Waals surface area contributed by atoms with E-state index in [0.717, 1.165) is 10.6 Å². The number of carbonyl (C=O) groups is 1. The normalized spacial score (nSPS) is 10.1. The second-order valence-corrected chi connectivity index (χ2v) is 4.80. The Bertz CT molecular complexity index is 561. The molecule has 0 radical (unpaired) electrons. The van der Waals surface area contributed by atoms with Gasteiger partial charge in [0.2, 0.25) is 11.2 Å². The molecule has 0 unspecified atom stereocenters. The molecule has 0 fully saturated rings. The zero-order valence-corrected chi connectivity index (χ0v) is 11.0. The van der Waals surface area contributed by atoms with Gasteiger partial charge in [0, 0.05) is 17.5 Å². The molecule has 1 aromatic heterocycles. The first-order chi connectivity index (χ1) is 8.63. The fourth-order valence-electron chi connectivity index (χ4n) is 1.25. The van der Waals surface area contributed by atoms with Gasteiger partial charge in [0.1, 0.15) is 5.03 Å². The summed E-state index contributed by atoms with van der Waals surface area (Å²) in [6.07, 6.45) is 1.54. The molecule has 0 spiro atoms. The molecule has 0 saturated heterocycles. The van der Waals surface area contributed by atoms with Crippen LogP contribution in [0.5, 0.6) is 0 Å². The van der Waals surface area contributed by atoms with Gasteiger partial charge in [-0.1, -0.05) is 11.8 Å². The van der Waals surface area contributed by atoms with Crippen LogP contribution in [0.25, 0.3) is 0 Å². The zero-order valence-electron chi connectivity index (χ0n) is 9.42. The van der Waals surface area contributed by atoms with Crippen molar-refractivity contribution in [3.05, 3.63) is 35.7 Å². The maximum absolute atomic E-state index is 10.9. The highest BCUT2D eigenvalue weighted by Gasteiger charge is 2.02. The fourth-order valence-corrected chi connectivity index (χ4v) is 2.18. The first-order valence-corrected chi connectivity index (χ1v) is 6.23. The third kappa shape index (κ3) is 3.68. The van der Waals surface area contributed by atoms with E-state index in [-0.39, 0.29) is 11.2 Å². The number of nitrogens with zero attached hydrogens (tertiary/aromatic N) is 3. The Morgan fingerprint density at radius 3 is 2.67 bits per heavy atom. The molecular weight excluding hydrogens is 272 g/mol. The summed E-state index contributed by atoms with van der Waals surface area (Å²) in [5.74, 6) is -0.0952. The molecule has 0 atom stereocenters. The third-order valence-electron chi connectivity index (χ3n) is 1.91. The van der Waals surface area contributed by atoms with Crippen molar-refractivity contribution in [3.63, 3.8) is 0 Å². The summed E-state index contributed by atoms with van der Waals surface area (Å²) < 4.78 is 0. The Kier molecular flexibility index (Phi) is 4.11. The SMILES string of the molecule is CC(=O)Nc1ccc(Sc2cnnc(Cl)n2)cc1. The average Bonchev–Trinajstić information content (AvgIpc) is 2.31. The van der Waals surface area contributed by atoms with Crippen LogP contribution in [0.4, 0.5) is 5.69 Å². The summed E-state index contributed by atoms with van der Waals surface area (Å²) in [6.45, 7) is 1.47. The molecule has 18 heavy (non-hydrogen) atoms. The van der Waals surface area contributed by atoms with Gasteiger partial charge in [-0.3, -0.25) is 4.79 Å². The molecule has 1 amide bonds. The Hall–Kier alpha value is -1.66. The van der Waals surface area contributed by atoms with Crippen LogP contribution in [-0.4, -0.2) is 21.1 Å². The second kappa shape index (κ2) is 5.79. The molecule has 0 saturated carbocycles. The summed E-state index contributed by atoms with van der Waals surface area (Å²) >= 11 is 7.07. The number of hydrogen-bond acceptors (Lipinski definition) is 5. The maximum Gasteiger partial charge on any atom is 0.244 e. The molecule has 2 aromatic rings. The van der Waals surface area contributed by atoms with Gasteiger partial charge < -0.3 is 5.32 Å². The number of rotatable bonds is 3. The molecule has 1 heterocycles. The average molecular weight is 281 g/mol. The molecule has 0 aliphatic carbocycles. The Morgan fingerprint density at radius 2 is 2.06 bits per heavy atom. The van der Waals surface area contributed by atoms with E-state index < -0.39 is 0 Å². The number of aromatic nitrogens is 3. The van der Waals surface area contributed by atoms with Crippen molar-refractivity contribution >= 4 is 35.0 Å². The Balaban J connectivity index is 2.08. The van der Waals surface area contributed by atoms with E-state index in [0.29, 0.717) is 5.03 Å². The van der Waals surface area contributed by atoms with Crippen LogP contribution in [0.15, 0.2) is 40.4 Å². The van der Waals surface area contributed by atoms with Crippen LogP contribution in [-0.2, 0) is 4.79 Å². The quantitative estimate of drug-likeness (QED) is 0.936. The highest BCUT2D eigenvalue weighted by atomic mass is 35.5. The van der Waals surface area contributed by atoms with Crippen LogP contribution < -0.4 is 5.32 Å². The molecule has 0 aliphatic rings. The van der Waals surface area contributed by atoms with E-state index in [1.807, 2.05) is 24.3 Å². The lowest BCUT2D eigenvalue weighted by Gasteiger charge is -2.03. The lowest BCUT2D eigenvalue weighted by atomic mass is 10.3. The molecule has 1 N–H and O–H groups in total. The van der Waals surface area contributed by atoms with Gasteiger partial charge in [0.05, 0.1) is 6.20 Å². The Labute approximate surface area is 113 Å². The lowest BCUT2D eigenvalue weighted by molar-refractivity contribution is -0.114. The van der Waals surface area contributed by atoms with Crippen molar-refractivity contribution < 1.29 is 4.79 Å². The summed E-state index contributed by atoms with van der Waals surface area (Å²) in [5, 5.41) is 10.8. The van der Waals surface area contributed by atoms with Gasteiger partial charge in [-0.05, 0) is 35.9 Å². The minimum atomic E-state index is -0.0952. The van der Waals surface area contributed by atoms with Crippen LogP contribution in [0.3, 0.4) is 0 Å². The van der Waals surface area contributed by atoms with E-state index in [4.69, 9.17) is 11.6 Å². The summed E-state index contributed by atoms with van der Waals surface area (Å²) in [4.78, 5) is 15.9. The van der Waals surface area contributed by atoms with E-state index in [9.17, 15) is 4.79 Å². The molecule has 5 nitrogen and oxygen atoms in total. The van der Waals surface area contributed by atoms with Crippen LogP contribution in [0.1, 0.15) is 6.92 Å². The van der Waals surface area contributed by atoms with Crippen molar-refractivity contribution in [3.8, 4) is 0 Å². The Morgan fingerprint density at radius 1 is 1.33 bits per heavy atom. The van der Waals surface area contributed by atoms with Gasteiger partial charge in [-0.25, -0.2) is 4.98 Å². The molecule has 2 rings (SSSR count). The van der Waals surface area contributed by atoms with Crippen LogP contribution >= 0.6 is 23.4 Å². The highest BCUT2D eigenvalue weighted by Crippen LogP contribution is 2.26. The first kappa shape index (κ1) is 12.8. The van der Waals surface area contributed by atoms with Gasteiger partial charge >= 0.3 is 0 Å². The monoisotopic (exact) mass is 280 g/mol. The number of hydrogen-bond donors (Lipinski definition) is 1. The van der Waals surface area contributed by atoms with Crippen LogP contribution in [0.2, 0.25) is 5.28 Å². The largest absolute Gasteiger partial charge is 0.326 e. The van der Waals surface area contributed by atoms with E-state index >= 15 is 0 Å². The zero-order chi connectivity index (χ0) is 13.0. The van der Waals surface area contributed by atoms with Crippen molar-refractivity contribution in [2.45, 2.75) is 16.8 Å². The molecule has 0 aliphatic heterocycles. The number of amides is 1. The molecule has 92 valence electrons. The smallest absolute Gasteiger partial charge is 0.244 e. The van der Waals surface area contributed by atoms with Crippen molar-refractivity contribution in [1.82, 2.24) is 15.2 Å². The van der Waals surface area contributed by atoms with Crippen molar-refractivity contribution in [2.24, 2.45) is 0 Å². The lowest BCUT2D eigenvalue weighted by Crippen LogP contribution is -2.05. The predicted molar refractivity (Wildman–Crippen MR) is 69.7 cm³/mol. The fraction of sp³-hybridized carbons (Fsp3) is 0.0909. The van der Waals surface area contributed by atoms with E-state index in [1.165, 1.54) is 24.9 Å². The first-order valence-electron chi connectivity index (χ1n) is 5.04. The minimum Gasteiger partial charge on any atom is -0.326 e.